The lowest BCUT2D eigenvalue weighted by atomic mass is 10.2. The molecule has 2 N–H and O–H groups in total. The number of rotatable bonds is 4. The number of ether oxygens (including phenoxy) is 1. The molecule has 0 aliphatic heterocycles. The smallest absolute Gasteiger partial charge is 0.408 e. The lowest BCUT2D eigenvalue weighted by Crippen LogP contribution is -2.46. The van der Waals surface area contributed by atoms with E-state index in [9.17, 15) is 14.7 Å². The van der Waals surface area contributed by atoms with E-state index in [1.54, 1.807) is 34.6 Å². The quantitative estimate of drug-likeness (QED) is 0.887. The molecule has 0 saturated heterocycles. The van der Waals surface area contributed by atoms with Crippen molar-refractivity contribution in [1.29, 1.82) is 0 Å². The van der Waals surface area contributed by atoms with Crippen molar-refractivity contribution in [3.8, 4) is 0 Å². The van der Waals surface area contributed by atoms with Crippen molar-refractivity contribution in [2.24, 2.45) is 0 Å². The summed E-state index contributed by atoms with van der Waals surface area (Å²) in [6.07, 6.45) is -0.789. The van der Waals surface area contributed by atoms with Crippen molar-refractivity contribution < 1.29 is 19.4 Å². The van der Waals surface area contributed by atoms with Crippen LogP contribution in [0.3, 0.4) is 0 Å². The van der Waals surface area contributed by atoms with Gasteiger partial charge in [-0.1, -0.05) is 11.6 Å². The van der Waals surface area contributed by atoms with Crippen LogP contribution < -0.4 is 5.32 Å². The second-order valence-corrected chi connectivity index (χ2v) is 6.08. The fraction of sp³-hybridized carbons (Fsp3) is 0.615. The Kier molecular flexibility index (Phi) is 5.22. The highest BCUT2D eigenvalue weighted by Gasteiger charge is 2.25. The Bertz CT molecular complexity index is 548. The van der Waals surface area contributed by atoms with Gasteiger partial charge in [-0.3, -0.25) is 4.68 Å². The highest BCUT2D eigenvalue weighted by atomic mass is 35.5. The van der Waals surface area contributed by atoms with E-state index < -0.39 is 23.7 Å². The van der Waals surface area contributed by atoms with Gasteiger partial charge in [0, 0.05) is 0 Å². The van der Waals surface area contributed by atoms with Crippen molar-refractivity contribution in [3.05, 3.63) is 16.4 Å². The number of nitrogens with zero attached hydrogens (tertiary/aromatic N) is 2. The highest BCUT2D eigenvalue weighted by Crippen LogP contribution is 2.19. The predicted octanol–water partition coefficient (Wildman–Crippen LogP) is 2.13. The van der Waals surface area contributed by atoms with Crippen LogP contribution in [0.2, 0.25) is 5.02 Å². The van der Waals surface area contributed by atoms with Crippen molar-refractivity contribution in [1.82, 2.24) is 15.1 Å². The summed E-state index contributed by atoms with van der Waals surface area (Å²) >= 11 is 6.01. The van der Waals surface area contributed by atoms with Gasteiger partial charge in [-0.15, -0.1) is 0 Å². The molecule has 0 spiro atoms. The second kappa shape index (κ2) is 6.34. The van der Waals surface area contributed by atoms with Crippen LogP contribution in [0.1, 0.15) is 32.2 Å². The average molecular weight is 318 g/mol. The number of carboxylic acids is 1. The molecule has 0 aliphatic carbocycles. The van der Waals surface area contributed by atoms with Crippen LogP contribution >= 0.6 is 11.6 Å². The van der Waals surface area contributed by atoms with E-state index in [0.717, 1.165) is 0 Å². The average Bonchev–Trinajstić information content (AvgIpc) is 2.53. The van der Waals surface area contributed by atoms with E-state index in [1.165, 1.54) is 4.68 Å². The first-order valence-corrected chi connectivity index (χ1v) is 6.81. The Balaban J connectivity index is 2.81. The summed E-state index contributed by atoms with van der Waals surface area (Å²) in [6, 6.07) is -1.16. The predicted molar refractivity (Wildman–Crippen MR) is 77.5 cm³/mol. The number of halogens is 1. The number of carbonyl (C=O) groups excluding carboxylic acids is 1. The van der Waals surface area contributed by atoms with Crippen LogP contribution in [-0.2, 0) is 16.1 Å². The Hall–Kier alpha value is -1.76. The Labute approximate surface area is 128 Å². The number of hydrogen-bond acceptors (Lipinski definition) is 4. The topological polar surface area (TPSA) is 93.5 Å². The number of hydrogen-bond donors (Lipinski definition) is 2. The van der Waals surface area contributed by atoms with Gasteiger partial charge in [0.25, 0.3) is 0 Å². The molecule has 118 valence electrons. The zero-order valence-electron chi connectivity index (χ0n) is 12.7. The SMILES string of the molecule is Cc1nn(CC(NC(=O)OC(C)(C)C)C(=O)O)c(C)c1Cl. The summed E-state index contributed by atoms with van der Waals surface area (Å²) < 4.78 is 6.50. The van der Waals surface area contributed by atoms with Gasteiger partial charge in [0.15, 0.2) is 0 Å². The Morgan fingerprint density at radius 2 is 2.00 bits per heavy atom. The summed E-state index contributed by atoms with van der Waals surface area (Å²) in [5.41, 5.74) is 0.552. The monoisotopic (exact) mass is 317 g/mol. The zero-order valence-corrected chi connectivity index (χ0v) is 13.5. The third-order valence-electron chi connectivity index (χ3n) is 2.64. The van der Waals surface area contributed by atoms with Crippen LogP contribution in [-0.4, -0.2) is 38.6 Å². The number of aryl methyl sites for hydroxylation is 1. The maximum absolute atomic E-state index is 11.7. The van der Waals surface area contributed by atoms with Crippen molar-refractivity contribution in [2.45, 2.75) is 52.8 Å². The fourth-order valence-electron chi connectivity index (χ4n) is 1.66. The summed E-state index contributed by atoms with van der Waals surface area (Å²) in [5, 5.41) is 16.1. The van der Waals surface area contributed by atoms with Crippen LogP contribution in [0.5, 0.6) is 0 Å². The molecular weight excluding hydrogens is 298 g/mol. The molecule has 0 aliphatic rings. The van der Waals surface area contributed by atoms with Gasteiger partial charge >= 0.3 is 12.1 Å². The second-order valence-electron chi connectivity index (χ2n) is 5.70. The Morgan fingerprint density at radius 1 is 1.43 bits per heavy atom. The van der Waals surface area contributed by atoms with E-state index in [0.29, 0.717) is 16.4 Å². The van der Waals surface area contributed by atoms with E-state index in [4.69, 9.17) is 16.3 Å². The number of carbonyl (C=O) groups is 2. The zero-order chi connectivity index (χ0) is 16.4. The summed E-state index contributed by atoms with van der Waals surface area (Å²) in [5.74, 6) is -1.18. The number of alkyl carbamates (subject to hydrolysis) is 1. The molecule has 8 heteroatoms. The fourth-order valence-corrected chi connectivity index (χ4v) is 1.80. The van der Waals surface area contributed by atoms with Gasteiger partial charge in [-0.2, -0.15) is 5.10 Å². The van der Waals surface area contributed by atoms with Gasteiger partial charge < -0.3 is 15.2 Å². The van der Waals surface area contributed by atoms with Crippen molar-refractivity contribution >= 4 is 23.7 Å². The minimum Gasteiger partial charge on any atom is -0.480 e. The lowest BCUT2D eigenvalue weighted by Gasteiger charge is -2.22. The molecule has 7 nitrogen and oxygen atoms in total. The molecule has 0 bridgehead atoms. The lowest BCUT2D eigenvalue weighted by molar-refractivity contribution is -0.139. The number of aromatic nitrogens is 2. The maximum Gasteiger partial charge on any atom is 0.408 e. The third-order valence-corrected chi connectivity index (χ3v) is 3.18. The molecule has 0 radical (unpaired) electrons. The van der Waals surface area contributed by atoms with Crippen molar-refractivity contribution in [3.63, 3.8) is 0 Å². The number of aliphatic carboxylic acids is 1. The van der Waals surface area contributed by atoms with Gasteiger partial charge in [-0.25, -0.2) is 9.59 Å². The normalized spacial score (nSPS) is 12.9. The number of carboxylic acid groups (broad SMARTS) is 1. The number of nitrogens with one attached hydrogen (secondary N) is 1. The molecule has 1 amide bonds. The maximum atomic E-state index is 11.7. The Morgan fingerprint density at radius 3 is 2.38 bits per heavy atom. The molecule has 21 heavy (non-hydrogen) atoms. The van der Waals surface area contributed by atoms with E-state index >= 15 is 0 Å². The molecule has 1 rings (SSSR count). The first-order valence-electron chi connectivity index (χ1n) is 6.43. The molecule has 1 aromatic heterocycles. The molecular formula is C13H20ClN3O4. The van der Waals surface area contributed by atoms with Crippen LogP contribution in [0.4, 0.5) is 4.79 Å². The molecule has 1 atom stereocenters. The summed E-state index contributed by atoms with van der Waals surface area (Å²) in [6.45, 7) is 8.51. The number of amides is 1. The largest absolute Gasteiger partial charge is 0.480 e. The van der Waals surface area contributed by atoms with Gasteiger partial charge in [0.05, 0.1) is 23.0 Å². The van der Waals surface area contributed by atoms with Crippen LogP contribution in [0, 0.1) is 13.8 Å². The van der Waals surface area contributed by atoms with Gasteiger partial charge in [0.1, 0.15) is 11.6 Å². The molecule has 1 unspecified atom stereocenters. The molecule has 1 heterocycles. The van der Waals surface area contributed by atoms with E-state index in [2.05, 4.69) is 10.4 Å². The van der Waals surface area contributed by atoms with Crippen LogP contribution in [0.25, 0.3) is 0 Å². The van der Waals surface area contributed by atoms with Gasteiger partial charge in [-0.05, 0) is 34.6 Å². The third kappa shape index (κ3) is 4.93. The first kappa shape index (κ1) is 17.3. The standard InChI is InChI=1S/C13H20ClN3O4/c1-7-10(14)8(2)17(16-7)6-9(11(18)19)15-12(20)21-13(3,4)5/h9H,6H2,1-5H3,(H,15,20)(H,18,19). The van der Waals surface area contributed by atoms with Crippen LogP contribution in [0.15, 0.2) is 0 Å². The van der Waals surface area contributed by atoms with Gasteiger partial charge in [0.2, 0.25) is 0 Å². The molecule has 0 aromatic carbocycles. The first-order chi connectivity index (χ1) is 9.51. The molecule has 0 saturated carbocycles. The highest BCUT2D eigenvalue weighted by molar-refractivity contribution is 6.31. The molecule has 1 aromatic rings. The molecule has 0 fully saturated rings. The minimum atomic E-state index is -1.18. The van der Waals surface area contributed by atoms with Crippen molar-refractivity contribution in [2.75, 3.05) is 0 Å². The minimum absolute atomic E-state index is 0.0338. The van der Waals surface area contributed by atoms with E-state index in [-0.39, 0.29) is 6.54 Å². The summed E-state index contributed by atoms with van der Waals surface area (Å²) in [7, 11) is 0. The van der Waals surface area contributed by atoms with E-state index in [1.807, 2.05) is 0 Å². The summed E-state index contributed by atoms with van der Waals surface area (Å²) in [4.78, 5) is 22.9.